The number of rotatable bonds is 2. The van der Waals surface area contributed by atoms with Crippen LogP contribution in [0.2, 0.25) is 0 Å². The molecule has 0 saturated heterocycles. The van der Waals surface area contributed by atoms with Crippen molar-refractivity contribution in [3.05, 3.63) is 70.1 Å². The van der Waals surface area contributed by atoms with Crippen LogP contribution in [0.15, 0.2) is 53.3 Å². The Morgan fingerprint density at radius 3 is 2.58 bits per heavy atom. The SMILES string of the molecule is CC(=O)n1c(=O)n2c3c(cccc31)CN(Cc1ccccc1)CC2. The number of hydrogen-bond acceptors (Lipinski definition) is 3. The first-order chi connectivity index (χ1) is 11.6. The lowest BCUT2D eigenvalue weighted by molar-refractivity contribution is 0.0936. The highest BCUT2D eigenvalue weighted by Crippen LogP contribution is 2.23. The molecule has 4 rings (SSSR count). The maximum Gasteiger partial charge on any atom is 0.336 e. The van der Waals surface area contributed by atoms with Crippen LogP contribution in [0, 0.1) is 0 Å². The number of carbonyl (C=O) groups excluding carboxylic acids is 1. The molecular formula is C19H19N3O2. The predicted octanol–water partition coefficient (Wildman–Crippen LogP) is 2.48. The van der Waals surface area contributed by atoms with E-state index in [-0.39, 0.29) is 11.6 Å². The van der Waals surface area contributed by atoms with Crippen LogP contribution in [0.5, 0.6) is 0 Å². The zero-order valence-electron chi connectivity index (χ0n) is 13.6. The number of hydrogen-bond donors (Lipinski definition) is 0. The Morgan fingerprint density at radius 2 is 1.83 bits per heavy atom. The van der Waals surface area contributed by atoms with Gasteiger partial charge in [-0.05, 0) is 17.2 Å². The molecule has 0 fully saturated rings. The Morgan fingerprint density at radius 1 is 1.04 bits per heavy atom. The van der Waals surface area contributed by atoms with Crippen molar-refractivity contribution < 1.29 is 4.79 Å². The second kappa shape index (κ2) is 5.76. The van der Waals surface area contributed by atoms with Gasteiger partial charge in [0, 0.05) is 33.1 Å². The van der Waals surface area contributed by atoms with Gasteiger partial charge in [0.1, 0.15) is 0 Å². The van der Waals surface area contributed by atoms with Crippen LogP contribution in [-0.4, -0.2) is 26.5 Å². The number of benzene rings is 2. The van der Waals surface area contributed by atoms with E-state index in [9.17, 15) is 9.59 Å². The van der Waals surface area contributed by atoms with Crippen molar-refractivity contribution in [2.24, 2.45) is 0 Å². The normalized spacial score (nSPS) is 14.7. The summed E-state index contributed by atoms with van der Waals surface area (Å²) in [6.45, 7) is 4.43. The van der Waals surface area contributed by atoms with E-state index < -0.39 is 0 Å². The molecule has 0 bridgehead atoms. The largest absolute Gasteiger partial charge is 0.336 e. The fraction of sp³-hybridized carbons (Fsp3) is 0.263. The fourth-order valence-electron chi connectivity index (χ4n) is 3.57. The Balaban J connectivity index is 1.77. The first-order valence-electron chi connectivity index (χ1n) is 8.15. The third-order valence-electron chi connectivity index (χ3n) is 4.63. The van der Waals surface area contributed by atoms with Crippen LogP contribution in [0.4, 0.5) is 0 Å². The van der Waals surface area contributed by atoms with Gasteiger partial charge >= 0.3 is 5.69 Å². The van der Waals surface area contributed by atoms with E-state index in [1.807, 2.05) is 36.4 Å². The minimum atomic E-state index is -0.234. The summed E-state index contributed by atoms with van der Waals surface area (Å²) in [5, 5.41) is 0. The minimum absolute atomic E-state index is 0.230. The van der Waals surface area contributed by atoms with Gasteiger partial charge in [0.15, 0.2) is 0 Å². The maximum atomic E-state index is 12.7. The van der Waals surface area contributed by atoms with Crippen molar-refractivity contribution in [3.63, 3.8) is 0 Å². The summed E-state index contributed by atoms with van der Waals surface area (Å²) in [7, 11) is 0. The number of carbonyl (C=O) groups is 1. The van der Waals surface area contributed by atoms with Crippen LogP contribution in [-0.2, 0) is 19.6 Å². The molecule has 0 unspecified atom stereocenters. The number of aromatic nitrogens is 2. The van der Waals surface area contributed by atoms with Gasteiger partial charge < -0.3 is 0 Å². The average molecular weight is 321 g/mol. The van der Waals surface area contributed by atoms with Crippen LogP contribution < -0.4 is 5.69 Å². The van der Waals surface area contributed by atoms with E-state index in [0.29, 0.717) is 12.1 Å². The first kappa shape index (κ1) is 14.9. The van der Waals surface area contributed by atoms with Crippen molar-refractivity contribution >= 4 is 16.9 Å². The second-order valence-electron chi connectivity index (χ2n) is 6.27. The molecule has 5 heteroatoms. The molecule has 1 aliphatic rings. The van der Waals surface area contributed by atoms with E-state index in [4.69, 9.17) is 0 Å². The zero-order valence-corrected chi connectivity index (χ0v) is 13.6. The van der Waals surface area contributed by atoms with Gasteiger partial charge in [-0.2, -0.15) is 0 Å². The molecule has 3 aromatic rings. The van der Waals surface area contributed by atoms with Crippen LogP contribution in [0.3, 0.4) is 0 Å². The maximum absolute atomic E-state index is 12.7. The summed E-state index contributed by atoms with van der Waals surface area (Å²) in [6.07, 6.45) is 0. The van der Waals surface area contributed by atoms with Crippen molar-refractivity contribution in [3.8, 4) is 0 Å². The quantitative estimate of drug-likeness (QED) is 0.728. The highest BCUT2D eigenvalue weighted by molar-refractivity contribution is 5.90. The van der Waals surface area contributed by atoms with E-state index in [1.165, 1.54) is 17.1 Å². The Hall–Kier alpha value is -2.66. The van der Waals surface area contributed by atoms with Crippen LogP contribution in [0.25, 0.3) is 11.0 Å². The molecule has 2 aromatic carbocycles. The van der Waals surface area contributed by atoms with Gasteiger partial charge in [0.25, 0.3) is 0 Å². The van der Waals surface area contributed by atoms with Crippen molar-refractivity contribution in [2.75, 3.05) is 6.54 Å². The molecule has 0 atom stereocenters. The standard InChI is InChI=1S/C19H19N3O2/c1-14(23)22-17-9-5-8-16-13-20(12-15-6-3-2-4-7-15)10-11-21(18(16)17)19(22)24/h2-9H,10-13H2,1H3. The summed E-state index contributed by atoms with van der Waals surface area (Å²) in [5.74, 6) is -0.234. The van der Waals surface area contributed by atoms with Crippen LogP contribution in [0.1, 0.15) is 22.8 Å². The lowest BCUT2D eigenvalue weighted by Gasteiger charge is -2.20. The Bertz CT molecular complexity index is 969. The highest BCUT2D eigenvalue weighted by Gasteiger charge is 2.22. The second-order valence-corrected chi connectivity index (χ2v) is 6.27. The van der Waals surface area contributed by atoms with Crippen LogP contribution >= 0.6 is 0 Å². The van der Waals surface area contributed by atoms with E-state index in [0.717, 1.165) is 30.7 Å². The summed E-state index contributed by atoms with van der Waals surface area (Å²) in [5.41, 5.74) is 3.74. The fourth-order valence-corrected chi connectivity index (χ4v) is 3.57. The summed E-state index contributed by atoms with van der Waals surface area (Å²) in [4.78, 5) is 26.9. The molecule has 1 aliphatic heterocycles. The monoisotopic (exact) mass is 321 g/mol. The lowest BCUT2D eigenvalue weighted by Crippen LogP contribution is -2.31. The van der Waals surface area contributed by atoms with Gasteiger partial charge in [-0.3, -0.25) is 14.3 Å². The number of para-hydroxylation sites is 1. The van der Waals surface area contributed by atoms with Gasteiger partial charge in [0.05, 0.1) is 11.0 Å². The molecular weight excluding hydrogens is 302 g/mol. The van der Waals surface area contributed by atoms with E-state index in [2.05, 4.69) is 17.0 Å². The third kappa shape index (κ3) is 2.37. The molecule has 0 amide bonds. The minimum Gasteiger partial charge on any atom is -0.293 e. The van der Waals surface area contributed by atoms with Gasteiger partial charge in [0.2, 0.25) is 5.91 Å². The summed E-state index contributed by atoms with van der Waals surface area (Å²) < 4.78 is 3.03. The molecule has 0 N–H and O–H groups in total. The van der Waals surface area contributed by atoms with Gasteiger partial charge in [-0.1, -0.05) is 42.5 Å². The van der Waals surface area contributed by atoms with Crippen molar-refractivity contribution in [1.82, 2.24) is 14.0 Å². The molecule has 0 spiro atoms. The first-order valence-corrected chi connectivity index (χ1v) is 8.15. The Kier molecular flexibility index (Phi) is 3.58. The molecule has 0 radical (unpaired) electrons. The van der Waals surface area contributed by atoms with Crippen molar-refractivity contribution in [2.45, 2.75) is 26.6 Å². The van der Waals surface area contributed by atoms with E-state index >= 15 is 0 Å². The van der Waals surface area contributed by atoms with Gasteiger partial charge in [-0.15, -0.1) is 0 Å². The Labute approximate surface area is 139 Å². The molecule has 2 heterocycles. The molecule has 1 aromatic heterocycles. The molecule has 0 aliphatic carbocycles. The number of imidazole rings is 1. The molecule has 0 saturated carbocycles. The molecule has 122 valence electrons. The summed E-state index contributed by atoms with van der Waals surface area (Å²) >= 11 is 0. The molecule has 24 heavy (non-hydrogen) atoms. The molecule has 5 nitrogen and oxygen atoms in total. The van der Waals surface area contributed by atoms with Crippen molar-refractivity contribution in [1.29, 1.82) is 0 Å². The third-order valence-corrected chi connectivity index (χ3v) is 4.63. The lowest BCUT2D eigenvalue weighted by atomic mass is 10.1. The van der Waals surface area contributed by atoms with E-state index in [1.54, 1.807) is 4.57 Å². The number of nitrogens with zero attached hydrogens (tertiary/aromatic N) is 3. The highest BCUT2D eigenvalue weighted by atomic mass is 16.2. The average Bonchev–Trinajstić information content (AvgIpc) is 2.73. The zero-order chi connectivity index (χ0) is 16.7. The predicted molar refractivity (Wildman–Crippen MR) is 93.1 cm³/mol. The topological polar surface area (TPSA) is 47.2 Å². The smallest absolute Gasteiger partial charge is 0.293 e. The van der Waals surface area contributed by atoms with Gasteiger partial charge in [-0.25, -0.2) is 9.36 Å². The summed E-state index contributed by atoms with van der Waals surface area (Å²) in [6, 6.07) is 16.2.